The molecule has 2 aromatic heterocycles. The van der Waals surface area contributed by atoms with Crippen molar-refractivity contribution in [2.45, 2.75) is 40.5 Å². The monoisotopic (exact) mass is 463 g/mol. The fourth-order valence-corrected chi connectivity index (χ4v) is 4.93. The molecule has 1 amide bonds. The molecule has 1 aliphatic rings. The number of carbonyl (C=O) groups is 1. The average molecular weight is 464 g/mol. The van der Waals surface area contributed by atoms with Crippen LogP contribution in [0.1, 0.15) is 36.7 Å². The standard InChI is InChI=1S/C26H37N7O/c1-17-8-10-21(11-9-17)33-20(4)23-19(3)28-29-25(24(23)30-33)32-15-12-22(18(2)16-32)26(34)27-13-7-14-31(5)6/h8-11,18,22H,7,12-16H2,1-6H3,(H,27,34)/t18-,22-/m1/s1. The second-order valence-electron chi connectivity index (χ2n) is 9.93. The third kappa shape index (κ3) is 4.92. The summed E-state index contributed by atoms with van der Waals surface area (Å²) in [5.74, 6) is 1.23. The lowest BCUT2D eigenvalue weighted by molar-refractivity contribution is -0.127. The van der Waals surface area contributed by atoms with Gasteiger partial charge in [-0.2, -0.15) is 10.2 Å². The molecule has 1 N–H and O–H groups in total. The molecule has 34 heavy (non-hydrogen) atoms. The zero-order valence-electron chi connectivity index (χ0n) is 21.3. The highest BCUT2D eigenvalue weighted by Gasteiger charge is 2.33. The molecule has 8 nitrogen and oxygen atoms in total. The van der Waals surface area contributed by atoms with Gasteiger partial charge in [0.1, 0.15) is 5.52 Å². The number of hydrogen-bond acceptors (Lipinski definition) is 6. The van der Waals surface area contributed by atoms with Gasteiger partial charge in [0, 0.05) is 25.6 Å². The summed E-state index contributed by atoms with van der Waals surface area (Å²) in [6, 6.07) is 8.39. The number of nitrogens with zero attached hydrogens (tertiary/aromatic N) is 6. The molecule has 0 bridgehead atoms. The number of aryl methyl sites for hydroxylation is 3. The van der Waals surface area contributed by atoms with Gasteiger partial charge >= 0.3 is 0 Å². The second-order valence-corrected chi connectivity index (χ2v) is 9.93. The first-order chi connectivity index (χ1) is 16.3. The van der Waals surface area contributed by atoms with Gasteiger partial charge in [0.2, 0.25) is 5.91 Å². The quantitative estimate of drug-likeness (QED) is 0.542. The van der Waals surface area contributed by atoms with Crippen molar-refractivity contribution < 1.29 is 4.79 Å². The van der Waals surface area contributed by atoms with Crippen LogP contribution in [0.25, 0.3) is 16.6 Å². The van der Waals surface area contributed by atoms with E-state index in [-0.39, 0.29) is 17.7 Å². The fraction of sp³-hybridized carbons (Fsp3) is 0.538. The molecule has 8 heteroatoms. The first kappa shape index (κ1) is 24.1. The molecule has 1 saturated heterocycles. The van der Waals surface area contributed by atoms with Crippen molar-refractivity contribution in [3.05, 3.63) is 41.2 Å². The first-order valence-corrected chi connectivity index (χ1v) is 12.2. The number of nitrogens with one attached hydrogen (secondary N) is 1. The van der Waals surface area contributed by atoms with Gasteiger partial charge < -0.3 is 15.1 Å². The highest BCUT2D eigenvalue weighted by molar-refractivity contribution is 5.92. The average Bonchev–Trinajstić information content (AvgIpc) is 3.15. The van der Waals surface area contributed by atoms with Crippen LogP contribution >= 0.6 is 0 Å². The van der Waals surface area contributed by atoms with Crippen molar-refractivity contribution in [1.82, 2.24) is 30.2 Å². The summed E-state index contributed by atoms with van der Waals surface area (Å²) in [7, 11) is 4.10. The van der Waals surface area contributed by atoms with E-state index < -0.39 is 0 Å². The van der Waals surface area contributed by atoms with Crippen LogP contribution in [0.4, 0.5) is 5.82 Å². The fourth-order valence-electron chi connectivity index (χ4n) is 4.93. The van der Waals surface area contributed by atoms with E-state index in [9.17, 15) is 4.79 Å². The first-order valence-electron chi connectivity index (χ1n) is 12.2. The summed E-state index contributed by atoms with van der Waals surface area (Å²) >= 11 is 0. The van der Waals surface area contributed by atoms with Crippen LogP contribution in [0.15, 0.2) is 24.3 Å². The number of rotatable bonds is 7. The topological polar surface area (TPSA) is 79.2 Å². The van der Waals surface area contributed by atoms with E-state index in [1.54, 1.807) is 0 Å². The van der Waals surface area contributed by atoms with Crippen molar-refractivity contribution in [3.63, 3.8) is 0 Å². The lowest BCUT2D eigenvalue weighted by Gasteiger charge is -2.36. The van der Waals surface area contributed by atoms with Gasteiger partial charge in [0.15, 0.2) is 5.82 Å². The number of hydrogen-bond donors (Lipinski definition) is 1. The maximum absolute atomic E-state index is 12.8. The van der Waals surface area contributed by atoms with Gasteiger partial charge in [-0.05, 0) is 72.3 Å². The molecule has 182 valence electrons. The molecular formula is C26H37N7O. The number of benzene rings is 1. The number of piperidine rings is 1. The minimum atomic E-state index is 0.0244. The molecule has 0 spiro atoms. The molecule has 0 saturated carbocycles. The third-order valence-corrected chi connectivity index (χ3v) is 6.89. The lowest BCUT2D eigenvalue weighted by Crippen LogP contribution is -2.46. The molecule has 1 aromatic carbocycles. The number of carbonyl (C=O) groups excluding carboxylic acids is 1. The number of anilines is 1. The SMILES string of the molecule is Cc1ccc(-n2nc3c(N4CC[C@@H](C(=O)NCCCN(C)C)[C@H](C)C4)nnc(C)c3c2C)cc1. The highest BCUT2D eigenvalue weighted by atomic mass is 16.1. The Morgan fingerprint density at radius 3 is 2.56 bits per heavy atom. The maximum atomic E-state index is 12.8. The minimum absolute atomic E-state index is 0.0244. The van der Waals surface area contributed by atoms with Crippen LogP contribution in [-0.4, -0.2) is 71.1 Å². The molecule has 1 fully saturated rings. The summed E-state index contributed by atoms with van der Waals surface area (Å²) in [6.07, 6.45) is 1.77. The zero-order valence-corrected chi connectivity index (χ0v) is 21.3. The Morgan fingerprint density at radius 2 is 1.88 bits per heavy atom. The Kier molecular flexibility index (Phi) is 7.16. The zero-order chi connectivity index (χ0) is 24.4. The molecule has 3 aromatic rings. The van der Waals surface area contributed by atoms with Gasteiger partial charge in [-0.25, -0.2) is 4.68 Å². The van der Waals surface area contributed by atoms with Crippen LogP contribution in [0.5, 0.6) is 0 Å². The van der Waals surface area contributed by atoms with E-state index in [0.717, 1.165) is 72.8 Å². The third-order valence-electron chi connectivity index (χ3n) is 6.89. The Balaban J connectivity index is 1.53. The van der Waals surface area contributed by atoms with Gasteiger partial charge in [-0.15, -0.1) is 5.10 Å². The molecule has 0 radical (unpaired) electrons. The lowest BCUT2D eigenvalue weighted by atomic mass is 9.86. The van der Waals surface area contributed by atoms with Gasteiger partial charge in [0.05, 0.1) is 22.5 Å². The van der Waals surface area contributed by atoms with Crippen LogP contribution in [-0.2, 0) is 4.79 Å². The number of fused-ring (bicyclic) bond motifs is 1. The smallest absolute Gasteiger partial charge is 0.223 e. The van der Waals surface area contributed by atoms with Gasteiger partial charge in [0.25, 0.3) is 0 Å². The van der Waals surface area contributed by atoms with Crippen LogP contribution < -0.4 is 10.2 Å². The van der Waals surface area contributed by atoms with Crippen molar-refractivity contribution in [3.8, 4) is 5.69 Å². The molecule has 2 atom stereocenters. The predicted molar refractivity (Wildman–Crippen MR) is 137 cm³/mol. The van der Waals surface area contributed by atoms with Crippen molar-refractivity contribution >= 4 is 22.6 Å². The maximum Gasteiger partial charge on any atom is 0.223 e. The van der Waals surface area contributed by atoms with E-state index >= 15 is 0 Å². The van der Waals surface area contributed by atoms with Crippen LogP contribution in [0.3, 0.4) is 0 Å². The summed E-state index contributed by atoms with van der Waals surface area (Å²) in [5.41, 5.74) is 5.08. The van der Waals surface area contributed by atoms with Crippen molar-refractivity contribution in [2.24, 2.45) is 11.8 Å². The van der Waals surface area contributed by atoms with E-state index in [1.807, 2.05) is 11.6 Å². The predicted octanol–water partition coefficient (Wildman–Crippen LogP) is 3.27. The van der Waals surface area contributed by atoms with Gasteiger partial charge in [-0.1, -0.05) is 24.6 Å². The van der Waals surface area contributed by atoms with Gasteiger partial charge in [-0.3, -0.25) is 4.79 Å². The minimum Gasteiger partial charge on any atom is -0.356 e. The summed E-state index contributed by atoms with van der Waals surface area (Å²) in [6.45, 7) is 11.6. The summed E-state index contributed by atoms with van der Waals surface area (Å²) in [5, 5.41) is 18.2. The van der Waals surface area contributed by atoms with E-state index in [1.165, 1.54) is 5.56 Å². The molecule has 3 heterocycles. The normalized spacial score (nSPS) is 18.6. The Bertz CT molecular complexity index is 1150. The summed E-state index contributed by atoms with van der Waals surface area (Å²) in [4.78, 5) is 17.2. The van der Waals surface area contributed by atoms with E-state index in [2.05, 4.69) is 84.4 Å². The number of aromatic nitrogens is 4. The highest BCUT2D eigenvalue weighted by Crippen LogP contribution is 2.33. The van der Waals surface area contributed by atoms with Crippen LogP contribution in [0.2, 0.25) is 0 Å². The summed E-state index contributed by atoms with van der Waals surface area (Å²) < 4.78 is 1.99. The van der Waals surface area contributed by atoms with E-state index in [0.29, 0.717) is 0 Å². The Morgan fingerprint density at radius 1 is 1.15 bits per heavy atom. The Labute approximate surface area is 202 Å². The number of amides is 1. The molecule has 4 rings (SSSR count). The molecule has 0 aliphatic carbocycles. The van der Waals surface area contributed by atoms with Crippen molar-refractivity contribution in [1.29, 1.82) is 0 Å². The molecule has 0 unspecified atom stereocenters. The molecular weight excluding hydrogens is 426 g/mol. The second kappa shape index (κ2) is 10.1. The molecule has 1 aliphatic heterocycles. The van der Waals surface area contributed by atoms with Crippen molar-refractivity contribution in [2.75, 3.05) is 45.2 Å². The Hall–Kier alpha value is -3.00. The van der Waals surface area contributed by atoms with Crippen LogP contribution in [0, 0.1) is 32.6 Å². The van der Waals surface area contributed by atoms with E-state index in [4.69, 9.17) is 5.10 Å². The largest absolute Gasteiger partial charge is 0.356 e.